The van der Waals surface area contributed by atoms with Crippen LogP contribution in [0.4, 0.5) is 0 Å². The molecule has 1 atom stereocenters. The lowest BCUT2D eigenvalue weighted by molar-refractivity contribution is 0.562. The minimum atomic E-state index is -3.63. The van der Waals surface area contributed by atoms with Crippen LogP contribution in [0.15, 0.2) is 23.1 Å². The van der Waals surface area contributed by atoms with E-state index >= 15 is 0 Å². The summed E-state index contributed by atoms with van der Waals surface area (Å²) in [7, 11) is -3.63. The summed E-state index contributed by atoms with van der Waals surface area (Å²) >= 11 is 0. The molecule has 1 unspecified atom stereocenters. The van der Waals surface area contributed by atoms with E-state index in [2.05, 4.69) is 4.72 Å². The number of hydrogen-bond donors (Lipinski definition) is 3. The molecule has 1 aliphatic carbocycles. The number of rotatable bonds is 5. The summed E-state index contributed by atoms with van der Waals surface area (Å²) in [6.07, 6.45) is 1.83. The van der Waals surface area contributed by atoms with E-state index in [0.29, 0.717) is 5.56 Å². The highest BCUT2D eigenvalue weighted by Gasteiger charge is 2.36. The van der Waals surface area contributed by atoms with Crippen molar-refractivity contribution in [2.45, 2.75) is 37.6 Å². The third-order valence-electron chi connectivity index (χ3n) is 3.34. The van der Waals surface area contributed by atoms with Crippen LogP contribution >= 0.6 is 0 Å². The molecule has 0 heterocycles. The third-order valence-corrected chi connectivity index (χ3v) is 4.93. The Hall–Kier alpha value is -1.40. The van der Waals surface area contributed by atoms with Crippen LogP contribution in [0.25, 0.3) is 0 Å². The molecule has 1 fully saturated rings. The van der Waals surface area contributed by atoms with Gasteiger partial charge in [0.05, 0.1) is 10.9 Å². The van der Waals surface area contributed by atoms with Gasteiger partial charge in [-0.2, -0.15) is 0 Å². The van der Waals surface area contributed by atoms with Crippen LogP contribution in [0.3, 0.4) is 0 Å². The van der Waals surface area contributed by atoms with Crippen LogP contribution in [0, 0.1) is 25.2 Å². The highest BCUT2D eigenvalue weighted by molar-refractivity contribution is 7.89. The first-order chi connectivity index (χ1) is 8.81. The molecule has 0 radical (unpaired) electrons. The zero-order valence-corrected chi connectivity index (χ0v) is 11.9. The summed E-state index contributed by atoms with van der Waals surface area (Å²) < 4.78 is 27.3. The molecule has 5 nitrogen and oxygen atoms in total. The fraction of sp³-hybridized carbons (Fsp3) is 0.462. The first kappa shape index (κ1) is 14.0. The topological polar surface area (TPSA) is 96.0 Å². The molecule has 0 bridgehead atoms. The molecule has 1 aromatic rings. The summed E-state index contributed by atoms with van der Waals surface area (Å²) in [4.78, 5) is 0.263. The molecule has 4 N–H and O–H groups in total. The highest BCUT2D eigenvalue weighted by atomic mass is 32.2. The largest absolute Gasteiger partial charge is 0.386 e. The molecule has 2 rings (SSSR count). The number of aryl methyl sites for hydroxylation is 2. The highest BCUT2D eigenvalue weighted by Crippen LogP contribution is 2.33. The Labute approximate surface area is 113 Å². The number of nitrogens with two attached hydrogens (primary N) is 1. The minimum Gasteiger partial charge on any atom is -0.386 e. The smallest absolute Gasteiger partial charge is 0.241 e. The fourth-order valence-electron chi connectivity index (χ4n) is 2.07. The average molecular weight is 281 g/mol. The van der Waals surface area contributed by atoms with Crippen LogP contribution in [0.2, 0.25) is 0 Å². The zero-order chi connectivity index (χ0) is 14.2. The Balaban J connectivity index is 2.31. The molecule has 0 spiro atoms. The van der Waals surface area contributed by atoms with Crippen LogP contribution in [0.1, 0.15) is 24.0 Å². The van der Waals surface area contributed by atoms with E-state index in [1.165, 1.54) is 0 Å². The first-order valence-corrected chi connectivity index (χ1v) is 7.73. The molecular formula is C13H19N3O2S. The van der Waals surface area contributed by atoms with Gasteiger partial charge in [-0.3, -0.25) is 5.41 Å². The summed E-state index contributed by atoms with van der Waals surface area (Å²) in [5.74, 6) is 0.0498. The number of hydrogen-bond acceptors (Lipinski definition) is 3. The number of benzene rings is 1. The van der Waals surface area contributed by atoms with Gasteiger partial charge in [0.2, 0.25) is 10.0 Å². The Morgan fingerprint density at radius 1 is 1.42 bits per heavy atom. The van der Waals surface area contributed by atoms with Crippen LogP contribution < -0.4 is 10.5 Å². The average Bonchev–Trinajstić information content (AvgIpc) is 3.13. The summed E-state index contributed by atoms with van der Waals surface area (Å²) in [6, 6.07) is 4.72. The maximum absolute atomic E-state index is 12.4. The van der Waals surface area contributed by atoms with Crippen LogP contribution in [-0.4, -0.2) is 20.3 Å². The van der Waals surface area contributed by atoms with Crippen molar-refractivity contribution in [3.63, 3.8) is 0 Å². The van der Waals surface area contributed by atoms with Gasteiger partial charge in [-0.1, -0.05) is 12.1 Å². The quantitative estimate of drug-likeness (QED) is 0.560. The second-order valence-electron chi connectivity index (χ2n) is 5.16. The van der Waals surface area contributed by atoms with E-state index < -0.39 is 16.1 Å². The van der Waals surface area contributed by atoms with Gasteiger partial charge in [0.1, 0.15) is 5.84 Å². The summed E-state index contributed by atoms with van der Waals surface area (Å²) in [5, 5.41) is 7.51. The van der Waals surface area contributed by atoms with Gasteiger partial charge in [-0.05, 0) is 49.8 Å². The van der Waals surface area contributed by atoms with Gasteiger partial charge in [0.25, 0.3) is 0 Å². The van der Waals surface area contributed by atoms with E-state index in [9.17, 15) is 8.42 Å². The molecule has 0 aromatic heterocycles. The summed E-state index contributed by atoms with van der Waals surface area (Å²) in [5.41, 5.74) is 7.06. The SMILES string of the molecule is Cc1ccc(C)c(S(=O)(=O)NC(C(=N)N)C2CC2)c1. The number of sulfonamides is 1. The normalized spacial score (nSPS) is 17.2. The van der Waals surface area contributed by atoms with Crippen molar-refractivity contribution in [2.24, 2.45) is 11.7 Å². The van der Waals surface area contributed by atoms with Gasteiger partial charge < -0.3 is 5.73 Å². The lowest BCUT2D eigenvalue weighted by Crippen LogP contribution is -2.45. The monoisotopic (exact) mass is 281 g/mol. The molecule has 1 aromatic carbocycles. The van der Waals surface area contributed by atoms with Gasteiger partial charge in [-0.15, -0.1) is 0 Å². The van der Waals surface area contributed by atoms with Crippen LogP contribution in [0.5, 0.6) is 0 Å². The summed E-state index contributed by atoms with van der Waals surface area (Å²) in [6.45, 7) is 3.61. The van der Waals surface area contributed by atoms with Crippen molar-refractivity contribution in [1.82, 2.24) is 4.72 Å². The van der Waals surface area contributed by atoms with Gasteiger partial charge in [0.15, 0.2) is 0 Å². The van der Waals surface area contributed by atoms with Gasteiger partial charge in [-0.25, -0.2) is 13.1 Å². The lowest BCUT2D eigenvalue weighted by Gasteiger charge is -2.18. The Morgan fingerprint density at radius 3 is 2.58 bits per heavy atom. The number of nitrogens with one attached hydrogen (secondary N) is 2. The Morgan fingerprint density at radius 2 is 2.05 bits per heavy atom. The Kier molecular flexibility index (Phi) is 3.64. The van der Waals surface area contributed by atoms with E-state index in [-0.39, 0.29) is 16.6 Å². The molecule has 1 saturated carbocycles. The molecule has 1 aliphatic rings. The van der Waals surface area contributed by atoms with Crippen molar-refractivity contribution in [1.29, 1.82) is 5.41 Å². The Bertz CT molecular complexity index is 606. The maximum Gasteiger partial charge on any atom is 0.241 e. The minimum absolute atomic E-state index is 0.114. The predicted octanol–water partition coefficient (Wildman–Crippen LogP) is 1.30. The number of amidine groups is 1. The molecule has 6 heteroatoms. The maximum atomic E-state index is 12.4. The van der Waals surface area contributed by atoms with E-state index in [1.54, 1.807) is 19.1 Å². The molecular weight excluding hydrogens is 262 g/mol. The fourth-order valence-corrected chi connectivity index (χ4v) is 3.68. The molecule has 104 valence electrons. The standard InChI is InChI=1S/C13H19N3O2S/c1-8-3-4-9(2)11(7-8)19(17,18)16-12(13(14)15)10-5-6-10/h3-4,7,10,12,16H,5-6H2,1-2H3,(H3,14,15). The molecule has 19 heavy (non-hydrogen) atoms. The van der Waals surface area contributed by atoms with Gasteiger partial charge >= 0.3 is 0 Å². The van der Waals surface area contributed by atoms with Gasteiger partial charge in [0, 0.05) is 0 Å². The molecule has 0 saturated heterocycles. The van der Waals surface area contributed by atoms with Crippen molar-refractivity contribution >= 4 is 15.9 Å². The third kappa shape index (κ3) is 3.13. The molecule has 0 aliphatic heterocycles. The zero-order valence-electron chi connectivity index (χ0n) is 11.1. The van der Waals surface area contributed by atoms with E-state index in [4.69, 9.17) is 11.1 Å². The first-order valence-electron chi connectivity index (χ1n) is 6.25. The second-order valence-corrected chi connectivity index (χ2v) is 6.84. The van der Waals surface area contributed by atoms with Crippen molar-refractivity contribution in [3.8, 4) is 0 Å². The van der Waals surface area contributed by atoms with E-state index in [1.807, 2.05) is 13.0 Å². The van der Waals surface area contributed by atoms with Crippen molar-refractivity contribution in [2.75, 3.05) is 0 Å². The van der Waals surface area contributed by atoms with E-state index in [0.717, 1.165) is 18.4 Å². The predicted molar refractivity (Wildman–Crippen MR) is 74.7 cm³/mol. The van der Waals surface area contributed by atoms with Crippen molar-refractivity contribution < 1.29 is 8.42 Å². The molecule has 0 amide bonds. The lowest BCUT2D eigenvalue weighted by atomic mass is 10.2. The second kappa shape index (κ2) is 4.94. The van der Waals surface area contributed by atoms with Crippen molar-refractivity contribution in [3.05, 3.63) is 29.3 Å². The van der Waals surface area contributed by atoms with Crippen LogP contribution in [-0.2, 0) is 10.0 Å².